The van der Waals surface area contributed by atoms with Gasteiger partial charge in [0.2, 0.25) is 0 Å². The van der Waals surface area contributed by atoms with E-state index in [1.54, 1.807) is 13.2 Å². The number of hydrogen-bond acceptors (Lipinski definition) is 3. The topological polar surface area (TPSA) is 38.7 Å². The van der Waals surface area contributed by atoms with Gasteiger partial charge in [0.25, 0.3) is 0 Å². The Morgan fingerprint density at radius 2 is 1.86 bits per heavy atom. The van der Waals surface area contributed by atoms with Crippen LogP contribution in [0.2, 0.25) is 18.1 Å². The number of aliphatic hydroxyl groups is 1. The molecule has 0 rings (SSSR count). The van der Waals surface area contributed by atoms with E-state index in [4.69, 9.17) is 9.16 Å². The van der Waals surface area contributed by atoms with Crippen LogP contribution in [0, 0.1) is 5.92 Å². The van der Waals surface area contributed by atoms with Gasteiger partial charge in [-0.15, -0.1) is 6.58 Å². The van der Waals surface area contributed by atoms with E-state index in [1.807, 2.05) is 6.92 Å². The molecule has 0 saturated carbocycles. The first-order chi connectivity index (χ1) is 9.50. The van der Waals surface area contributed by atoms with Crippen LogP contribution in [0.4, 0.5) is 0 Å². The average Bonchev–Trinajstić information content (AvgIpc) is 2.37. The fourth-order valence-corrected chi connectivity index (χ4v) is 3.33. The number of ether oxygens (including phenoxy) is 1. The molecule has 0 radical (unpaired) electrons. The van der Waals surface area contributed by atoms with Gasteiger partial charge < -0.3 is 14.3 Å². The third kappa shape index (κ3) is 6.07. The van der Waals surface area contributed by atoms with Crippen molar-refractivity contribution in [2.24, 2.45) is 5.92 Å². The maximum absolute atomic E-state index is 9.23. The summed E-state index contributed by atoms with van der Waals surface area (Å²) in [6.07, 6.45) is 3.62. The standard InChI is InChI=1S/C17H34O3Si/c1-10-15(19-7)16(14(3)11-13(2)12-18)20-21(8,9)17(4,5)6/h10-11,14-16,18H,1,12H2,2-9H3/b13-11+/t14-,15-,16+/m1/s1. The monoisotopic (exact) mass is 314 g/mol. The van der Waals surface area contributed by atoms with E-state index < -0.39 is 8.32 Å². The molecule has 0 spiro atoms. The molecule has 0 aliphatic carbocycles. The van der Waals surface area contributed by atoms with E-state index in [0.29, 0.717) is 0 Å². The summed E-state index contributed by atoms with van der Waals surface area (Å²) in [6.45, 7) is 19.1. The Morgan fingerprint density at radius 1 is 1.33 bits per heavy atom. The Labute approximate surface area is 132 Å². The van der Waals surface area contributed by atoms with Crippen molar-refractivity contribution in [3.05, 3.63) is 24.3 Å². The number of rotatable bonds is 8. The summed E-state index contributed by atoms with van der Waals surface area (Å²) in [5.74, 6) is 0.147. The highest BCUT2D eigenvalue weighted by Gasteiger charge is 2.41. The van der Waals surface area contributed by atoms with Gasteiger partial charge in [-0.05, 0) is 25.1 Å². The van der Waals surface area contributed by atoms with Gasteiger partial charge in [0.05, 0.1) is 12.7 Å². The first-order valence-corrected chi connectivity index (χ1v) is 10.5. The van der Waals surface area contributed by atoms with Crippen LogP contribution < -0.4 is 0 Å². The second kappa shape index (κ2) is 8.27. The first-order valence-electron chi connectivity index (χ1n) is 7.61. The normalized spacial score (nSPS) is 18.2. The quantitative estimate of drug-likeness (QED) is 0.540. The van der Waals surface area contributed by atoms with E-state index in [1.165, 1.54) is 0 Å². The predicted molar refractivity (Wildman–Crippen MR) is 93.1 cm³/mol. The van der Waals surface area contributed by atoms with E-state index in [9.17, 15) is 5.11 Å². The molecule has 0 amide bonds. The van der Waals surface area contributed by atoms with Crippen LogP contribution in [0.5, 0.6) is 0 Å². The third-order valence-electron chi connectivity index (χ3n) is 4.38. The molecule has 0 fully saturated rings. The van der Waals surface area contributed by atoms with Gasteiger partial charge >= 0.3 is 0 Å². The highest BCUT2D eigenvalue weighted by molar-refractivity contribution is 6.74. The average molecular weight is 315 g/mol. The summed E-state index contributed by atoms with van der Waals surface area (Å²) >= 11 is 0. The van der Waals surface area contributed by atoms with Crippen LogP contribution in [0.25, 0.3) is 0 Å². The molecule has 0 aliphatic heterocycles. The minimum atomic E-state index is -1.91. The molecule has 0 aromatic rings. The van der Waals surface area contributed by atoms with Crippen LogP contribution in [-0.2, 0) is 9.16 Å². The van der Waals surface area contributed by atoms with Crippen molar-refractivity contribution in [2.45, 2.75) is 65.0 Å². The zero-order chi connectivity index (χ0) is 16.8. The van der Waals surface area contributed by atoms with Gasteiger partial charge in [0.1, 0.15) is 6.10 Å². The van der Waals surface area contributed by atoms with Crippen molar-refractivity contribution in [3.8, 4) is 0 Å². The fraction of sp³-hybridized carbons (Fsp3) is 0.765. The van der Waals surface area contributed by atoms with Crippen molar-refractivity contribution in [1.29, 1.82) is 0 Å². The molecule has 4 heteroatoms. The molecule has 0 unspecified atom stereocenters. The molecule has 3 nitrogen and oxygen atoms in total. The van der Waals surface area contributed by atoms with Crippen LogP contribution in [0.3, 0.4) is 0 Å². The molecule has 0 bridgehead atoms. The van der Waals surface area contributed by atoms with Gasteiger partial charge in [-0.3, -0.25) is 0 Å². The highest BCUT2D eigenvalue weighted by atomic mass is 28.4. The van der Waals surface area contributed by atoms with Crippen molar-refractivity contribution in [3.63, 3.8) is 0 Å². The molecule has 0 aromatic heterocycles. The van der Waals surface area contributed by atoms with Crippen molar-refractivity contribution < 1.29 is 14.3 Å². The summed E-state index contributed by atoms with van der Waals surface area (Å²) in [7, 11) is -0.223. The Morgan fingerprint density at radius 3 is 2.19 bits per heavy atom. The second-order valence-corrected chi connectivity index (χ2v) is 12.1. The van der Waals surface area contributed by atoms with Gasteiger partial charge in [-0.2, -0.15) is 0 Å². The zero-order valence-corrected chi connectivity index (χ0v) is 16.1. The molecule has 0 aromatic carbocycles. The maximum Gasteiger partial charge on any atom is 0.192 e. The van der Waals surface area contributed by atoms with E-state index in [2.05, 4.69) is 53.4 Å². The van der Waals surface area contributed by atoms with E-state index >= 15 is 0 Å². The van der Waals surface area contributed by atoms with E-state index in [0.717, 1.165) is 5.57 Å². The predicted octanol–water partition coefficient (Wildman–Crippen LogP) is 4.15. The van der Waals surface area contributed by atoms with Gasteiger partial charge in [-0.1, -0.05) is 45.4 Å². The summed E-state index contributed by atoms with van der Waals surface area (Å²) < 4.78 is 12.1. The highest BCUT2D eigenvalue weighted by Crippen LogP contribution is 2.39. The second-order valence-electron chi connectivity index (χ2n) is 7.31. The van der Waals surface area contributed by atoms with Gasteiger partial charge in [0.15, 0.2) is 8.32 Å². The number of hydrogen-bond donors (Lipinski definition) is 1. The Kier molecular flexibility index (Phi) is 8.11. The summed E-state index contributed by atoms with van der Waals surface area (Å²) in [5, 5.41) is 9.37. The molecular weight excluding hydrogens is 280 g/mol. The molecule has 21 heavy (non-hydrogen) atoms. The largest absolute Gasteiger partial charge is 0.410 e. The van der Waals surface area contributed by atoms with Gasteiger partial charge in [0, 0.05) is 13.0 Å². The fourth-order valence-electron chi connectivity index (χ4n) is 1.95. The minimum Gasteiger partial charge on any atom is -0.410 e. The third-order valence-corrected chi connectivity index (χ3v) is 8.85. The SMILES string of the molecule is C=C[C@@H](OC)[C@@H](O[Si](C)(C)C(C)(C)C)[C@H](C)/C=C(\C)CO. The molecular formula is C17H34O3Si. The van der Waals surface area contributed by atoms with Crippen LogP contribution in [0.15, 0.2) is 24.3 Å². The smallest absolute Gasteiger partial charge is 0.192 e. The molecule has 124 valence electrons. The van der Waals surface area contributed by atoms with Crippen molar-refractivity contribution in [1.82, 2.24) is 0 Å². The van der Waals surface area contributed by atoms with Crippen LogP contribution in [0.1, 0.15) is 34.6 Å². The minimum absolute atomic E-state index is 0.0723. The lowest BCUT2D eigenvalue weighted by Gasteiger charge is -2.42. The molecule has 1 N–H and O–H groups in total. The lowest BCUT2D eigenvalue weighted by atomic mass is 9.97. The number of methoxy groups -OCH3 is 1. The Balaban J connectivity index is 5.39. The molecule has 0 saturated heterocycles. The Bertz CT molecular complexity index is 356. The summed E-state index contributed by atoms with van der Waals surface area (Å²) in [4.78, 5) is 0. The maximum atomic E-state index is 9.23. The molecule has 0 aliphatic rings. The van der Waals surface area contributed by atoms with Crippen molar-refractivity contribution in [2.75, 3.05) is 13.7 Å². The summed E-state index contributed by atoms with van der Waals surface area (Å²) in [5.41, 5.74) is 0.949. The van der Waals surface area contributed by atoms with E-state index in [-0.39, 0.29) is 29.8 Å². The van der Waals surface area contributed by atoms with Gasteiger partial charge in [-0.25, -0.2) is 0 Å². The Hall–Kier alpha value is -0.423. The lowest BCUT2D eigenvalue weighted by molar-refractivity contribution is 0.00591. The zero-order valence-electron chi connectivity index (χ0n) is 15.1. The molecule has 0 heterocycles. The summed E-state index contributed by atoms with van der Waals surface area (Å²) in [6, 6.07) is 0. The van der Waals surface area contributed by atoms with Crippen molar-refractivity contribution >= 4 is 8.32 Å². The van der Waals surface area contributed by atoms with Crippen LogP contribution in [-0.4, -0.2) is 39.3 Å². The first kappa shape index (κ1) is 20.6. The van der Waals surface area contributed by atoms with Crippen LogP contribution >= 0.6 is 0 Å². The lowest BCUT2D eigenvalue weighted by Crippen LogP contribution is -2.49. The molecule has 3 atom stereocenters. The number of aliphatic hydroxyl groups excluding tert-OH is 1.